The van der Waals surface area contributed by atoms with Crippen LogP contribution < -0.4 is 16.3 Å². The van der Waals surface area contributed by atoms with Crippen molar-refractivity contribution in [3.05, 3.63) is 64.6 Å². The summed E-state index contributed by atoms with van der Waals surface area (Å²) in [5.74, 6) is -0.404. The van der Waals surface area contributed by atoms with Gasteiger partial charge in [-0.1, -0.05) is 30.3 Å². The number of hydrogen-bond donors (Lipinski definition) is 4. The molecule has 3 aromatic rings. The number of benzene rings is 2. The molecule has 0 bridgehead atoms. The Hall–Kier alpha value is -3.55. The molecule has 134 valence electrons. The minimum atomic E-state index is -0.792. The van der Waals surface area contributed by atoms with Gasteiger partial charge in [0.15, 0.2) is 0 Å². The molecule has 8 nitrogen and oxygen atoms in total. The van der Waals surface area contributed by atoms with Crippen molar-refractivity contribution in [1.82, 2.24) is 15.3 Å². The maximum absolute atomic E-state index is 12.2. The summed E-state index contributed by atoms with van der Waals surface area (Å²) >= 11 is 0. The molecule has 26 heavy (non-hydrogen) atoms. The third-order valence-electron chi connectivity index (χ3n) is 3.72. The van der Waals surface area contributed by atoms with E-state index < -0.39 is 18.0 Å². The van der Waals surface area contributed by atoms with Crippen LogP contribution in [0.15, 0.2) is 53.3 Å². The highest BCUT2D eigenvalue weighted by atomic mass is 16.5. The Kier molecular flexibility index (Phi) is 5.02. The first-order valence-corrected chi connectivity index (χ1v) is 8.01. The first-order valence-electron chi connectivity index (χ1n) is 8.01. The number of carbonyl (C=O) groups is 2. The van der Waals surface area contributed by atoms with Crippen molar-refractivity contribution in [2.24, 2.45) is 0 Å². The van der Waals surface area contributed by atoms with E-state index in [9.17, 15) is 14.4 Å². The van der Waals surface area contributed by atoms with Gasteiger partial charge in [-0.15, -0.1) is 0 Å². The van der Waals surface area contributed by atoms with Crippen molar-refractivity contribution in [3.63, 3.8) is 0 Å². The van der Waals surface area contributed by atoms with Gasteiger partial charge in [-0.3, -0.25) is 4.79 Å². The van der Waals surface area contributed by atoms with E-state index in [-0.39, 0.29) is 12.3 Å². The van der Waals surface area contributed by atoms with Crippen LogP contribution in [0.4, 0.5) is 10.5 Å². The van der Waals surface area contributed by atoms with E-state index in [2.05, 4.69) is 20.6 Å². The molecule has 0 aliphatic carbocycles. The zero-order chi connectivity index (χ0) is 18.5. The summed E-state index contributed by atoms with van der Waals surface area (Å²) in [5.41, 5.74) is 2.26. The summed E-state index contributed by atoms with van der Waals surface area (Å²) in [6, 6.07) is 13.4. The number of anilines is 1. The van der Waals surface area contributed by atoms with Crippen LogP contribution in [0.3, 0.4) is 0 Å². The number of carbonyl (C=O) groups excluding carboxylic acids is 2. The normalized spacial score (nSPS) is 11.7. The van der Waals surface area contributed by atoms with Crippen LogP contribution in [0.5, 0.6) is 0 Å². The van der Waals surface area contributed by atoms with E-state index in [1.165, 1.54) is 0 Å². The number of H-pyrrole nitrogens is 2. The van der Waals surface area contributed by atoms with Crippen LogP contribution in [0, 0.1) is 0 Å². The highest BCUT2D eigenvalue weighted by Gasteiger charge is 2.17. The molecule has 0 aliphatic heterocycles. The van der Waals surface area contributed by atoms with Crippen molar-refractivity contribution < 1.29 is 14.3 Å². The Balaban J connectivity index is 1.53. The van der Waals surface area contributed by atoms with Gasteiger partial charge in [-0.25, -0.2) is 9.59 Å². The van der Waals surface area contributed by atoms with Gasteiger partial charge in [-0.2, -0.15) is 0 Å². The highest BCUT2D eigenvalue weighted by molar-refractivity contribution is 5.97. The van der Waals surface area contributed by atoms with Crippen molar-refractivity contribution in [1.29, 1.82) is 0 Å². The summed E-state index contributed by atoms with van der Waals surface area (Å²) < 4.78 is 5.09. The molecule has 2 amide bonds. The second kappa shape index (κ2) is 7.56. The van der Waals surface area contributed by atoms with Gasteiger partial charge in [0.25, 0.3) is 0 Å². The van der Waals surface area contributed by atoms with Gasteiger partial charge < -0.3 is 25.3 Å². The third kappa shape index (κ3) is 4.29. The Bertz CT molecular complexity index is 978. The quantitative estimate of drug-likeness (QED) is 0.561. The first-order chi connectivity index (χ1) is 12.5. The second-order valence-electron chi connectivity index (χ2n) is 5.76. The van der Waals surface area contributed by atoms with E-state index in [0.29, 0.717) is 16.7 Å². The van der Waals surface area contributed by atoms with E-state index in [1.54, 1.807) is 25.1 Å². The van der Waals surface area contributed by atoms with E-state index in [4.69, 9.17) is 4.74 Å². The number of fused-ring (bicyclic) bond motifs is 1. The number of imidazole rings is 1. The fraction of sp³-hybridized carbons (Fsp3) is 0.167. The monoisotopic (exact) mass is 354 g/mol. The fourth-order valence-corrected chi connectivity index (χ4v) is 2.37. The van der Waals surface area contributed by atoms with Gasteiger partial charge >= 0.3 is 11.8 Å². The Morgan fingerprint density at radius 1 is 1.08 bits per heavy atom. The largest absolute Gasteiger partial charge is 0.445 e. The third-order valence-corrected chi connectivity index (χ3v) is 3.72. The molecule has 0 aliphatic rings. The predicted molar refractivity (Wildman–Crippen MR) is 96.8 cm³/mol. The molecule has 1 heterocycles. The summed E-state index contributed by atoms with van der Waals surface area (Å²) in [6.07, 6.45) is -0.679. The minimum Gasteiger partial charge on any atom is -0.445 e. The van der Waals surface area contributed by atoms with Gasteiger partial charge in [0, 0.05) is 5.69 Å². The standard InChI is InChI=1S/C18H18N4O4/c1-11(19-18(25)26-10-12-5-3-2-4-6-12)16(23)20-13-7-8-14-15(9-13)22-17(24)21-14/h2-9,11H,10H2,1H3,(H,19,25)(H,20,23)(H2,21,22,24)/t11-/m0/s1. The average molecular weight is 354 g/mol. The number of hydrogen-bond acceptors (Lipinski definition) is 4. The van der Waals surface area contributed by atoms with E-state index in [1.807, 2.05) is 30.3 Å². The summed E-state index contributed by atoms with van der Waals surface area (Å²) in [4.78, 5) is 40.5. The molecule has 2 aromatic carbocycles. The van der Waals surface area contributed by atoms with E-state index in [0.717, 1.165) is 5.56 Å². The Morgan fingerprint density at radius 2 is 1.81 bits per heavy atom. The van der Waals surface area contributed by atoms with Crippen molar-refractivity contribution in [3.8, 4) is 0 Å². The second-order valence-corrected chi connectivity index (χ2v) is 5.76. The molecule has 0 radical (unpaired) electrons. The average Bonchev–Trinajstić information content (AvgIpc) is 3.00. The number of rotatable bonds is 5. The number of ether oxygens (including phenoxy) is 1. The summed E-state index contributed by atoms with van der Waals surface area (Å²) in [7, 11) is 0. The lowest BCUT2D eigenvalue weighted by atomic mass is 10.2. The molecular weight excluding hydrogens is 336 g/mol. The zero-order valence-corrected chi connectivity index (χ0v) is 14.0. The molecular formula is C18H18N4O4. The van der Waals surface area contributed by atoms with Crippen LogP contribution in [0.25, 0.3) is 11.0 Å². The van der Waals surface area contributed by atoms with Crippen molar-refractivity contribution in [2.75, 3.05) is 5.32 Å². The molecule has 1 aromatic heterocycles. The van der Waals surface area contributed by atoms with Gasteiger partial charge in [0.05, 0.1) is 11.0 Å². The van der Waals surface area contributed by atoms with Crippen LogP contribution in [-0.2, 0) is 16.1 Å². The molecule has 3 rings (SSSR count). The lowest BCUT2D eigenvalue weighted by Crippen LogP contribution is -2.41. The lowest BCUT2D eigenvalue weighted by Gasteiger charge is -2.14. The number of aromatic amines is 2. The molecule has 0 unspecified atom stereocenters. The zero-order valence-electron chi connectivity index (χ0n) is 14.0. The molecule has 0 saturated heterocycles. The van der Waals surface area contributed by atoms with Crippen molar-refractivity contribution in [2.45, 2.75) is 19.6 Å². The highest BCUT2D eigenvalue weighted by Crippen LogP contribution is 2.14. The molecule has 0 fully saturated rings. The predicted octanol–water partition coefficient (Wildman–Crippen LogP) is 2.11. The molecule has 0 saturated carbocycles. The summed E-state index contributed by atoms with van der Waals surface area (Å²) in [6.45, 7) is 1.67. The van der Waals surface area contributed by atoms with Crippen LogP contribution in [0.1, 0.15) is 12.5 Å². The molecule has 0 spiro atoms. The number of aromatic nitrogens is 2. The topological polar surface area (TPSA) is 116 Å². The number of amides is 2. The smallest absolute Gasteiger partial charge is 0.408 e. The lowest BCUT2D eigenvalue weighted by molar-refractivity contribution is -0.117. The maximum atomic E-state index is 12.2. The minimum absolute atomic E-state index is 0.124. The van der Waals surface area contributed by atoms with Crippen LogP contribution in [-0.4, -0.2) is 28.0 Å². The Labute approximate surface area is 148 Å². The first kappa shape index (κ1) is 17.3. The van der Waals surface area contributed by atoms with Gasteiger partial charge in [0.1, 0.15) is 12.6 Å². The molecule has 4 N–H and O–H groups in total. The Morgan fingerprint density at radius 3 is 2.58 bits per heavy atom. The molecule has 8 heteroatoms. The van der Waals surface area contributed by atoms with E-state index >= 15 is 0 Å². The number of alkyl carbamates (subject to hydrolysis) is 1. The van der Waals surface area contributed by atoms with Crippen LogP contribution in [0.2, 0.25) is 0 Å². The van der Waals surface area contributed by atoms with Crippen LogP contribution >= 0.6 is 0 Å². The van der Waals surface area contributed by atoms with Crippen molar-refractivity contribution >= 4 is 28.7 Å². The number of nitrogens with one attached hydrogen (secondary N) is 4. The maximum Gasteiger partial charge on any atom is 0.408 e. The molecule has 1 atom stereocenters. The van der Waals surface area contributed by atoms with Gasteiger partial charge in [0.2, 0.25) is 5.91 Å². The summed E-state index contributed by atoms with van der Waals surface area (Å²) in [5, 5.41) is 5.15. The SMILES string of the molecule is C[C@H](NC(=O)OCc1ccccc1)C(=O)Nc1ccc2[nH]c(=O)[nH]c2c1. The fourth-order valence-electron chi connectivity index (χ4n) is 2.37. The van der Waals surface area contributed by atoms with Gasteiger partial charge in [-0.05, 0) is 30.7 Å².